The van der Waals surface area contributed by atoms with Crippen molar-refractivity contribution in [3.05, 3.63) is 87.7 Å². The van der Waals surface area contributed by atoms with Gasteiger partial charge in [-0.3, -0.25) is 14.8 Å². The number of unbranched alkanes of at least 4 members (excludes halogenated alkanes) is 1. The standard InChI is InChI=1S/C23H34BrN3O.C10H12O.C2H6/c1-6-8-11-19(7-2)15-26-17(3)14-22(20-12-9-10-13-23(20)28)27-18(4)21(24)16-25-5;1-8(9(2)11)10-6-4-3-5-7-10;1-2/h9-10,12-14,16,19,26,28H,6-8,11,15H2,1-5H3;3-8H,1-2H3;1-2H3/b17-14+,21-18-,25-16?,27-22-;;. The fourth-order valence-corrected chi connectivity index (χ4v) is 4.08. The van der Waals surface area contributed by atoms with Gasteiger partial charge in [0.15, 0.2) is 0 Å². The van der Waals surface area contributed by atoms with E-state index >= 15 is 0 Å². The molecule has 0 radical (unpaired) electrons. The highest BCUT2D eigenvalue weighted by molar-refractivity contribution is 9.12. The molecule has 0 aromatic heterocycles. The molecule has 2 aromatic carbocycles. The molecule has 226 valence electrons. The highest BCUT2D eigenvalue weighted by atomic mass is 79.9. The van der Waals surface area contributed by atoms with Crippen molar-refractivity contribution in [1.82, 2.24) is 5.32 Å². The lowest BCUT2D eigenvalue weighted by Gasteiger charge is -2.17. The van der Waals surface area contributed by atoms with E-state index in [1.54, 1.807) is 26.3 Å². The van der Waals surface area contributed by atoms with Crippen molar-refractivity contribution in [3.63, 3.8) is 0 Å². The second-order valence-electron chi connectivity index (χ2n) is 9.70. The van der Waals surface area contributed by atoms with Crippen LogP contribution in [-0.4, -0.2) is 36.4 Å². The zero-order chi connectivity index (χ0) is 31.2. The molecule has 0 saturated heterocycles. The number of ketones is 1. The highest BCUT2D eigenvalue weighted by Crippen LogP contribution is 2.21. The molecule has 0 bridgehead atoms. The van der Waals surface area contributed by atoms with Gasteiger partial charge < -0.3 is 10.4 Å². The third kappa shape index (κ3) is 15.6. The lowest BCUT2D eigenvalue weighted by molar-refractivity contribution is -0.118. The van der Waals surface area contributed by atoms with E-state index in [2.05, 4.69) is 40.1 Å². The van der Waals surface area contributed by atoms with Crippen molar-refractivity contribution in [2.45, 2.75) is 87.0 Å². The molecule has 0 aliphatic rings. The van der Waals surface area contributed by atoms with Crippen molar-refractivity contribution in [3.8, 4) is 5.75 Å². The number of nitrogens with one attached hydrogen (secondary N) is 1. The van der Waals surface area contributed by atoms with Gasteiger partial charge in [-0.1, -0.05) is 96.3 Å². The Morgan fingerprint density at radius 2 is 1.63 bits per heavy atom. The van der Waals surface area contributed by atoms with E-state index in [1.807, 2.05) is 89.2 Å². The second-order valence-corrected chi connectivity index (χ2v) is 10.6. The number of rotatable bonds is 13. The van der Waals surface area contributed by atoms with Crippen LogP contribution in [0.1, 0.15) is 98.1 Å². The minimum absolute atomic E-state index is 0.0381. The summed E-state index contributed by atoms with van der Waals surface area (Å²) < 4.78 is 0.813. The van der Waals surface area contributed by atoms with Crippen LogP contribution < -0.4 is 5.32 Å². The van der Waals surface area contributed by atoms with Gasteiger partial charge in [-0.25, -0.2) is 0 Å². The number of hydrogen-bond donors (Lipinski definition) is 2. The summed E-state index contributed by atoms with van der Waals surface area (Å²) in [7, 11) is 1.72. The van der Waals surface area contributed by atoms with Crippen LogP contribution in [0.15, 0.2) is 86.5 Å². The summed E-state index contributed by atoms with van der Waals surface area (Å²) in [5.74, 6) is 1.14. The number of allylic oxidation sites excluding steroid dienone is 4. The predicted molar refractivity (Wildman–Crippen MR) is 183 cm³/mol. The Hall–Kier alpha value is -2.99. The summed E-state index contributed by atoms with van der Waals surface area (Å²) in [5.41, 5.74) is 4.34. The van der Waals surface area contributed by atoms with Gasteiger partial charge in [0.25, 0.3) is 0 Å². The lowest BCUT2D eigenvalue weighted by Crippen LogP contribution is -2.21. The number of nitrogens with zero attached hydrogens (tertiary/aromatic N) is 2. The van der Waals surface area contributed by atoms with E-state index in [0.29, 0.717) is 17.2 Å². The smallest absolute Gasteiger partial charge is 0.136 e. The molecule has 0 fully saturated rings. The molecular formula is C35H52BrN3O2. The van der Waals surface area contributed by atoms with Crippen LogP contribution in [0.25, 0.3) is 0 Å². The normalized spacial score (nSPS) is 13.7. The third-order valence-corrected chi connectivity index (χ3v) is 7.31. The topological polar surface area (TPSA) is 74.0 Å². The van der Waals surface area contributed by atoms with Crippen molar-refractivity contribution < 1.29 is 9.90 Å². The van der Waals surface area contributed by atoms with Gasteiger partial charge in [-0.05, 0) is 72.8 Å². The van der Waals surface area contributed by atoms with Crippen LogP contribution in [0.5, 0.6) is 5.75 Å². The van der Waals surface area contributed by atoms with Gasteiger partial charge in [0.2, 0.25) is 0 Å². The summed E-state index contributed by atoms with van der Waals surface area (Å²) in [5, 5.41) is 13.9. The average molecular weight is 627 g/mol. The van der Waals surface area contributed by atoms with Crippen LogP contribution in [-0.2, 0) is 4.79 Å². The minimum Gasteiger partial charge on any atom is -0.507 e. The van der Waals surface area contributed by atoms with Crippen molar-refractivity contribution >= 4 is 33.6 Å². The van der Waals surface area contributed by atoms with Gasteiger partial charge >= 0.3 is 0 Å². The van der Waals surface area contributed by atoms with Gasteiger partial charge in [0.05, 0.1) is 15.9 Å². The first kappa shape index (κ1) is 38.0. The van der Waals surface area contributed by atoms with Gasteiger partial charge in [0.1, 0.15) is 11.5 Å². The summed E-state index contributed by atoms with van der Waals surface area (Å²) >= 11 is 3.50. The fraction of sp³-hybridized carbons (Fsp3) is 0.457. The number of benzene rings is 2. The molecule has 2 unspecified atom stereocenters. The Morgan fingerprint density at radius 3 is 2.17 bits per heavy atom. The number of hydrogen-bond acceptors (Lipinski definition) is 5. The zero-order valence-corrected chi connectivity index (χ0v) is 28.3. The van der Waals surface area contributed by atoms with Crippen molar-refractivity contribution in [2.75, 3.05) is 13.6 Å². The largest absolute Gasteiger partial charge is 0.507 e. The second kappa shape index (κ2) is 22.7. The number of aliphatic imine (C=N–C) groups is 2. The van der Waals surface area contributed by atoms with Gasteiger partial charge in [-0.2, -0.15) is 0 Å². The number of phenolic OH excluding ortho intramolecular Hbond substituents is 1. The third-order valence-electron chi connectivity index (χ3n) is 6.53. The maximum absolute atomic E-state index is 10.9. The Balaban J connectivity index is 0.00000102. The molecule has 41 heavy (non-hydrogen) atoms. The molecule has 2 N–H and O–H groups in total. The highest BCUT2D eigenvalue weighted by Gasteiger charge is 2.10. The molecule has 5 nitrogen and oxygen atoms in total. The monoisotopic (exact) mass is 625 g/mol. The quantitative estimate of drug-likeness (QED) is 0.218. The van der Waals surface area contributed by atoms with Crippen LogP contribution in [0, 0.1) is 5.92 Å². The Labute approximate surface area is 258 Å². The van der Waals surface area contributed by atoms with E-state index in [1.165, 1.54) is 25.7 Å². The van der Waals surface area contributed by atoms with Crippen molar-refractivity contribution in [2.24, 2.45) is 15.9 Å². The number of carbonyl (C=O) groups excluding carboxylic acids is 1. The molecule has 6 heteroatoms. The Kier molecular flexibility index (Phi) is 21.0. The van der Waals surface area contributed by atoms with Crippen LogP contribution in [0.2, 0.25) is 0 Å². The molecule has 2 rings (SSSR count). The average Bonchev–Trinajstić information content (AvgIpc) is 2.98. The molecule has 2 aromatic rings. The van der Waals surface area contributed by atoms with Crippen LogP contribution in [0.4, 0.5) is 0 Å². The fourth-order valence-electron chi connectivity index (χ4n) is 3.78. The first-order valence-corrected chi connectivity index (χ1v) is 15.6. The van der Waals surface area contributed by atoms with Crippen LogP contribution in [0.3, 0.4) is 0 Å². The summed E-state index contributed by atoms with van der Waals surface area (Å²) in [4.78, 5) is 19.7. The summed E-state index contributed by atoms with van der Waals surface area (Å²) in [6, 6.07) is 17.1. The maximum atomic E-state index is 10.9. The molecular weight excluding hydrogens is 574 g/mol. The molecule has 0 heterocycles. The number of phenols is 1. The zero-order valence-electron chi connectivity index (χ0n) is 26.7. The number of carbonyl (C=O) groups is 1. The maximum Gasteiger partial charge on any atom is 0.136 e. The summed E-state index contributed by atoms with van der Waals surface area (Å²) in [6.45, 7) is 16.9. The number of Topliss-reactive ketones (excluding diaryl/α,β-unsaturated/α-hetero) is 1. The number of halogens is 1. The number of para-hydroxylation sites is 1. The minimum atomic E-state index is 0.0381. The molecule has 0 aliphatic heterocycles. The first-order chi connectivity index (χ1) is 19.6. The van der Waals surface area contributed by atoms with E-state index < -0.39 is 0 Å². The summed E-state index contributed by atoms with van der Waals surface area (Å²) in [6.07, 6.45) is 8.64. The Bertz CT molecular complexity index is 1140. The number of aromatic hydroxyl groups is 1. The van der Waals surface area contributed by atoms with E-state index in [9.17, 15) is 9.90 Å². The van der Waals surface area contributed by atoms with E-state index in [-0.39, 0.29) is 17.5 Å². The van der Waals surface area contributed by atoms with Crippen molar-refractivity contribution in [1.29, 1.82) is 0 Å². The van der Waals surface area contributed by atoms with Gasteiger partial charge in [0, 0.05) is 37.0 Å². The molecule has 2 atom stereocenters. The SMILES string of the molecule is CC.CC(=O)C(C)c1ccccc1.CCCCC(CC)CN/C(C)=C/C(=N/C(C)=C(\Br)C=NC)c1ccccc1O. The Morgan fingerprint density at radius 1 is 1.02 bits per heavy atom. The van der Waals surface area contributed by atoms with Gasteiger partial charge in [-0.15, -0.1) is 0 Å². The first-order valence-electron chi connectivity index (χ1n) is 14.8. The molecule has 0 spiro atoms. The predicted octanol–water partition coefficient (Wildman–Crippen LogP) is 9.62. The van der Waals surface area contributed by atoms with E-state index in [4.69, 9.17) is 4.99 Å². The van der Waals surface area contributed by atoms with E-state index in [0.717, 1.165) is 28.0 Å². The lowest BCUT2D eigenvalue weighted by atomic mass is 9.98. The molecule has 0 aliphatic carbocycles. The molecule has 0 amide bonds. The van der Waals surface area contributed by atoms with Crippen LogP contribution >= 0.6 is 15.9 Å². The molecule has 0 saturated carbocycles.